The maximum Gasteiger partial charge on any atom is 0.328 e. The maximum absolute atomic E-state index is 11.5. The molecular weight excluding hydrogens is 226 g/mol. The van der Waals surface area contributed by atoms with Gasteiger partial charge in [-0.2, -0.15) is 0 Å². The fourth-order valence-electron chi connectivity index (χ4n) is 1.32. The number of hydrogen-bond donors (Lipinski definition) is 0. The van der Waals surface area contributed by atoms with Crippen molar-refractivity contribution < 1.29 is 9.53 Å². The monoisotopic (exact) mass is 241 g/mol. The first-order valence-electron chi connectivity index (χ1n) is 5.21. The van der Waals surface area contributed by atoms with Gasteiger partial charge >= 0.3 is 5.97 Å². The Morgan fingerprint density at radius 3 is 2.50 bits per heavy atom. The van der Waals surface area contributed by atoms with Crippen LogP contribution in [-0.2, 0) is 9.53 Å². The van der Waals surface area contributed by atoms with E-state index in [4.69, 9.17) is 16.3 Å². The number of ether oxygens (including phenoxy) is 1. The van der Waals surface area contributed by atoms with Crippen molar-refractivity contribution in [2.45, 2.75) is 19.9 Å². The Morgan fingerprint density at radius 1 is 1.44 bits per heavy atom. The van der Waals surface area contributed by atoms with Crippen molar-refractivity contribution in [1.82, 2.24) is 0 Å². The van der Waals surface area contributed by atoms with E-state index in [1.54, 1.807) is 19.1 Å². The van der Waals surface area contributed by atoms with Crippen molar-refractivity contribution in [3.63, 3.8) is 0 Å². The number of carbonyl (C=O) groups is 1. The van der Waals surface area contributed by atoms with E-state index in [0.717, 1.165) is 5.69 Å². The fraction of sp³-hybridized carbons (Fsp3) is 0.417. The predicted molar refractivity (Wildman–Crippen MR) is 66.0 cm³/mol. The maximum atomic E-state index is 11.5. The highest BCUT2D eigenvalue weighted by Gasteiger charge is 2.19. The lowest BCUT2D eigenvalue weighted by atomic mass is 10.2. The number of carbonyl (C=O) groups excluding carboxylic acids is 1. The first-order chi connectivity index (χ1) is 7.56. The Kier molecular flexibility index (Phi) is 4.62. The highest BCUT2D eigenvalue weighted by atomic mass is 35.5. The molecule has 0 radical (unpaired) electrons. The van der Waals surface area contributed by atoms with Gasteiger partial charge in [0.05, 0.1) is 6.61 Å². The molecule has 0 aliphatic heterocycles. The molecule has 0 N–H and O–H groups in total. The Hall–Kier alpha value is -1.22. The minimum absolute atomic E-state index is 0.222. The number of rotatable bonds is 4. The molecule has 0 aliphatic rings. The van der Waals surface area contributed by atoms with E-state index in [0.29, 0.717) is 11.6 Å². The average Bonchev–Trinajstić information content (AvgIpc) is 2.28. The van der Waals surface area contributed by atoms with Gasteiger partial charge in [0.1, 0.15) is 6.04 Å². The summed E-state index contributed by atoms with van der Waals surface area (Å²) < 4.78 is 4.96. The van der Waals surface area contributed by atoms with Gasteiger partial charge < -0.3 is 9.64 Å². The highest BCUT2D eigenvalue weighted by Crippen LogP contribution is 2.18. The van der Waals surface area contributed by atoms with Crippen LogP contribution < -0.4 is 4.90 Å². The second-order valence-electron chi connectivity index (χ2n) is 3.52. The molecule has 0 aromatic heterocycles. The molecule has 0 bridgehead atoms. The quantitative estimate of drug-likeness (QED) is 0.760. The molecule has 4 heteroatoms. The Morgan fingerprint density at radius 2 is 2.00 bits per heavy atom. The number of nitrogens with zero attached hydrogens (tertiary/aromatic N) is 1. The topological polar surface area (TPSA) is 29.5 Å². The van der Waals surface area contributed by atoms with Gasteiger partial charge in [-0.3, -0.25) is 0 Å². The SMILES string of the molecule is CCOC(=O)[C@H](C)N(C)c1ccc(Cl)cc1. The molecule has 0 fully saturated rings. The van der Waals surface area contributed by atoms with E-state index in [1.165, 1.54) is 0 Å². The minimum Gasteiger partial charge on any atom is -0.464 e. The van der Waals surface area contributed by atoms with E-state index >= 15 is 0 Å². The van der Waals surface area contributed by atoms with Crippen LogP contribution in [0.2, 0.25) is 5.02 Å². The third kappa shape index (κ3) is 3.14. The Bertz CT molecular complexity index is 351. The number of hydrogen-bond acceptors (Lipinski definition) is 3. The third-order valence-corrected chi connectivity index (χ3v) is 2.69. The molecule has 0 amide bonds. The summed E-state index contributed by atoms with van der Waals surface area (Å²) in [6.45, 7) is 4.01. The lowest BCUT2D eigenvalue weighted by Gasteiger charge is -2.25. The van der Waals surface area contributed by atoms with Crippen molar-refractivity contribution >= 4 is 23.3 Å². The number of esters is 1. The van der Waals surface area contributed by atoms with E-state index in [9.17, 15) is 4.79 Å². The molecule has 0 aliphatic carbocycles. The van der Waals surface area contributed by atoms with Crippen LogP contribution in [0.15, 0.2) is 24.3 Å². The molecule has 3 nitrogen and oxygen atoms in total. The van der Waals surface area contributed by atoms with Gasteiger partial charge in [-0.15, -0.1) is 0 Å². The zero-order chi connectivity index (χ0) is 12.1. The molecule has 1 aromatic rings. The summed E-state index contributed by atoms with van der Waals surface area (Å²) in [7, 11) is 1.85. The predicted octanol–water partition coefficient (Wildman–Crippen LogP) is 2.73. The fourth-order valence-corrected chi connectivity index (χ4v) is 1.45. The van der Waals surface area contributed by atoms with Gasteiger partial charge in [-0.25, -0.2) is 4.79 Å². The van der Waals surface area contributed by atoms with Crippen LogP contribution in [0.1, 0.15) is 13.8 Å². The second-order valence-corrected chi connectivity index (χ2v) is 3.95. The van der Waals surface area contributed by atoms with E-state index in [2.05, 4.69) is 0 Å². The third-order valence-electron chi connectivity index (χ3n) is 2.44. The van der Waals surface area contributed by atoms with Gasteiger partial charge in [-0.1, -0.05) is 11.6 Å². The lowest BCUT2D eigenvalue weighted by molar-refractivity contribution is -0.144. The molecule has 0 unspecified atom stereocenters. The molecule has 1 aromatic carbocycles. The van der Waals surface area contributed by atoms with Crippen LogP contribution in [0.3, 0.4) is 0 Å². The molecule has 1 rings (SSSR count). The van der Waals surface area contributed by atoms with Crippen molar-refractivity contribution in [2.75, 3.05) is 18.6 Å². The molecule has 16 heavy (non-hydrogen) atoms. The zero-order valence-corrected chi connectivity index (χ0v) is 10.5. The second kappa shape index (κ2) is 5.75. The summed E-state index contributed by atoms with van der Waals surface area (Å²) in [5.41, 5.74) is 0.935. The molecular formula is C12H16ClNO2. The van der Waals surface area contributed by atoms with Gasteiger partial charge in [0.2, 0.25) is 0 Å². The van der Waals surface area contributed by atoms with Crippen LogP contribution in [0, 0.1) is 0 Å². The van der Waals surface area contributed by atoms with Crippen LogP contribution in [0.25, 0.3) is 0 Å². The molecule has 0 saturated carbocycles. The van der Waals surface area contributed by atoms with Crippen LogP contribution >= 0.6 is 11.6 Å². The summed E-state index contributed by atoms with van der Waals surface area (Å²) in [4.78, 5) is 13.4. The largest absolute Gasteiger partial charge is 0.464 e. The van der Waals surface area contributed by atoms with Gasteiger partial charge in [-0.05, 0) is 38.1 Å². The molecule has 0 saturated heterocycles. The van der Waals surface area contributed by atoms with Crippen LogP contribution in [0.5, 0.6) is 0 Å². The van der Waals surface area contributed by atoms with Crippen molar-refractivity contribution in [3.05, 3.63) is 29.3 Å². The number of likely N-dealkylation sites (N-methyl/N-ethyl adjacent to an activating group) is 1. The highest BCUT2D eigenvalue weighted by molar-refractivity contribution is 6.30. The summed E-state index contributed by atoms with van der Waals surface area (Å²) in [6, 6.07) is 7.04. The average molecular weight is 242 g/mol. The number of anilines is 1. The summed E-state index contributed by atoms with van der Waals surface area (Å²) in [5, 5.41) is 0.681. The molecule has 1 atom stereocenters. The van der Waals surface area contributed by atoms with Crippen molar-refractivity contribution in [2.24, 2.45) is 0 Å². The van der Waals surface area contributed by atoms with Crippen LogP contribution in [0.4, 0.5) is 5.69 Å². The standard InChI is InChI=1S/C12H16ClNO2/c1-4-16-12(15)9(2)14(3)11-7-5-10(13)6-8-11/h5-9H,4H2,1-3H3/t9-/m0/s1. The lowest BCUT2D eigenvalue weighted by Crippen LogP contribution is -2.37. The number of halogens is 1. The molecule has 88 valence electrons. The van der Waals surface area contributed by atoms with Gasteiger partial charge in [0.15, 0.2) is 0 Å². The van der Waals surface area contributed by atoms with Crippen molar-refractivity contribution in [1.29, 1.82) is 0 Å². The molecule has 0 spiro atoms. The van der Waals surface area contributed by atoms with E-state index in [1.807, 2.05) is 31.0 Å². The van der Waals surface area contributed by atoms with Crippen LogP contribution in [-0.4, -0.2) is 25.7 Å². The van der Waals surface area contributed by atoms with Crippen molar-refractivity contribution in [3.8, 4) is 0 Å². The zero-order valence-electron chi connectivity index (χ0n) is 9.74. The summed E-state index contributed by atoms with van der Waals surface area (Å²) in [5.74, 6) is -0.222. The van der Waals surface area contributed by atoms with Gasteiger partial charge in [0, 0.05) is 17.8 Å². The summed E-state index contributed by atoms with van der Waals surface area (Å²) >= 11 is 5.80. The molecule has 0 heterocycles. The van der Waals surface area contributed by atoms with Gasteiger partial charge in [0.25, 0.3) is 0 Å². The normalized spacial score (nSPS) is 12.0. The van der Waals surface area contributed by atoms with E-state index < -0.39 is 0 Å². The first-order valence-corrected chi connectivity index (χ1v) is 5.59. The number of benzene rings is 1. The van der Waals surface area contributed by atoms with E-state index in [-0.39, 0.29) is 12.0 Å². The first kappa shape index (κ1) is 12.8. The smallest absolute Gasteiger partial charge is 0.328 e. The Balaban J connectivity index is 2.73. The minimum atomic E-state index is -0.305. The summed E-state index contributed by atoms with van der Waals surface area (Å²) in [6.07, 6.45) is 0. The Labute approximate surface area is 101 Å².